The topological polar surface area (TPSA) is 3.24 Å². The monoisotopic (exact) mass is 341 g/mol. The van der Waals surface area contributed by atoms with Crippen LogP contribution in [0.5, 0.6) is 0 Å². The van der Waals surface area contributed by atoms with Gasteiger partial charge in [0.15, 0.2) is 0 Å². The van der Waals surface area contributed by atoms with E-state index in [4.69, 9.17) is 14.3 Å². The zero-order chi connectivity index (χ0) is 18.5. The van der Waals surface area contributed by atoms with Gasteiger partial charge in [-0.2, -0.15) is 0 Å². The lowest BCUT2D eigenvalue weighted by Gasteiger charge is -2.41. The number of benzene rings is 2. The van der Waals surface area contributed by atoms with Gasteiger partial charge in [-0.1, -0.05) is 61.8 Å². The van der Waals surface area contributed by atoms with Gasteiger partial charge < -0.3 is 0 Å². The molecule has 0 bridgehead atoms. The van der Waals surface area contributed by atoms with Crippen molar-refractivity contribution in [3.8, 4) is 0 Å². The fraction of sp³-hybridized carbons (Fsp3) is 0.455. The van der Waals surface area contributed by atoms with Crippen molar-refractivity contribution in [2.45, 2.75) is 45.0 Å². The predicted octanol–water partition coefficient (Wildman–Crippen LogP) is 6.04. The maximum Gasteiger partial charge on any atom is 0.0409 e. The van der Waals surface area contributed by atoms with Gasteiger partial charge in [-0.05, 0) is 60.0 Å². The molecule has 1 aliphatic carbocycles. The number of hydrogen-bond donors (Lipinski definition) is 0. The minimum Gasteiger partial charge on any atom is -0.296 e. The van der Waals surface area contributed by atoms with Gasteiger partial charge in [0.2, 0.25) is 0 Å². The molecule has 0 spiro atoms. The summed E-state index contributed by atoms with van der Waals surface area (Å²) in [4.78, 5) is 2.36. The molecule has 0 unspecified atom stereocenters. The molecular weight excluding hydrogens is 314 g/mol. The lowest BCUT2D eigenvalue weighted by Crippen LogP contribution is -2.41. The lowest BCUT2D eigenvalue weighted by molar-refractivity contribution is 0.0769. The molecule has 0 aromatic heterocycles. The molecule has 1 nitrogen and oxygen atoms in total. The Kier molecular flexibility index (Phi) is 3.60. The highest BCUT2D eigenvalue weighted by molar-refractivity contribution is 6.30. The van der Waals surface area contributed by atoms with Crippen molar-refractivity contribution in [2.75, 3.05) is 13.1 Å². The van der Waals surface area contributed by atoms with Gasteiger partial charge in [-0.3, -0.25) is 4.90 Å². The molecule has 4 rings (SSSR count). The Morgan fingerprint density at radius 2 is 1.92 bits per heavy atom. The SMILES string of the molecule is [2H]C1([2H])CN([C@@H]2C[C@@H](c3ccccc3)c3ccc(Cl)cc32)CC(C)(C)C1. The first-order chi connectivity index (χ1) is 12.2. The maximum atomic E-state index is 8.42. The van der Waals surface area contributed by atoms with Crippen LogP contribution >= 0.6 is 11.6 Å². The highest BCUT2D eigenvalue weighted by atomic mass is 35.5. The molecule has 1 fully saturated rings. The first-order valence-corrected chi connectivity index (χ1v) is 9.20. The molecular formula is C22H26ClN. The zero-order valence-corrected chi connectivity index (χ0v) is 15.2. The summed E-state index contributed by atoms with van der Waals surface area (Å²) in [5.74, 6) is 0.351. The Bertz CT molecular complexity index is 787. The Morgan fingerprint density at radius 3 is 2.67 bits per heavy atom. The van der Waals surface area contributed by atoms with E-state index in [0.717, 1.165) is 18.0 Å². The summed E-state index contributed by atoms with van der Waals surface area (Å²) < 4.78 is 16.8. The van der Waals surface area contributed by atoms with E-state index in [9.17, 15) is 0 Å². The van der Waals surface area contributed by atoms with E-state index in [1.165, 1.54) is 16.7 Å². The molecule has 0 saturated carbocycles. The second kappa shape index (κ2) is 6.20. The summed E-state index contributed by atoms with van der Waals surface area (Å²) >= 11 is 6.34. The van der Waals surface area contributed by atoms with E-state index < -0.39 is 6.37 Å². The van der Waals surface area contributed by atoms with Crippen molar-refractivity contribution in [1.82, 2.24) is 4.90 Å². The van der Waals surface area contributed by atoms with E-state index in [2.05, 4.69) is 61.2 Å². The number of rotatable bonds is 2. The number of nitrogens with zero attached hydrogens (tertiary/aromatic N) is 1. The third-order valence-electron chi connectivity index (χ3n) is 5.43. The van der Waals surface area contributed by atoms with Crippen LogP contribution in [0.1, 0.15) is 64.5 Å². The summed E-state index contributed by atoms with van der Waals surface area (Å²) in [6.45, 7) is 5.78. The molecule has 1 aliphatic heterocycles. The van der Waals surface area contributed by atoms with Crippen molar-refractivity contribution in [1.29, 1.82) is 0 Å². The normalized spacial score (nSPS) is 29.6. The van der Waals surface area contributed by atoms with Crippen molar-refractivity contribution in [3.05, 3.63) is 70.2 Å². The number of fused-ring (bicyclic) bond motifs is 1. The van der Waals surface area contributed by atoms with Gasteiger partial charge in [0.05, 0.1) is 0 Å². The molecule has 24 heavy (non-hydrogen) atoms. The minimum atomic E-state index is -1.15. The van der Waals surface area contributed by atoms with Crippen LogP contribution in [-0.4, -0.2) is 18.0 Å². The highest BCUT2D eigenvalue weighted by Crippen LogP contribution is 2.49. The first kappa shape index (κ1) is 13.9. The Balaban J connectivity index is 1.73. The average Bonchev–Trinajstić information content (AvgIpc) is 2.91. The van der Waals surface area contributed by atoms with Crippen LogP contribution in [-0.2, 0) is 0 Å². The summed E-state index contributed by atoms with van der Waals surface area (Å²) in [7, 11) is 0. The van der Waals surface area contributed by atoms with Crippen LogP contribution in [0.4, 0.5) is 0 Å². The van der Waals surface area contributed by atoms with Crippen LogP contribution in [0.15, 0.2) is 48.5 Å². The molecule has 2 atom stereocenters. The molecule has 2 aromatic carbocycles. The van der Waals surface area contributed by atoms with Crippen molar-refractivity contribution >= 4 is 11.6 Å². The molecule has 2 heteroatoms. The predicted molar refractivity (Wildman–Crippen MR) is 102 cm³/mol. The van der Waals surface area contributed by atoms with E-state index in [1.807, 2.05) is 6.07 Å². The quantitative estimate of drug-likeness (QED) is 0.643. The third-order valence-corrected chi connectivity index (χ3v) is 5.67. The summed E-state index contributed by atoms with van der Waals surface area (Å²) in [6, 6.07) is 17.1. The zero-order valence-electron chi connectivity index (χ0n) is 16.4. The smallest absolute Gasteiger partial charge is 0.0409 e. The van der Waals surface area contributed by atoms with Gasteiger partial charge in [0.1, 0.15) is 0 Å². The second-order valence-electron chi connectivity index (χ2n) is 7.98. The van der Waals surface area contributed by atoms with Crippen LogP contribution in [0.25, 0.3) is 0 Å². The van der Waals surface area contributed by atoms with E-state index in [1.54, 1.807) is 0 Å². The number of likely N-dealkylation sites (tertiary alicyclic amines) is 1. The molecule has 0 radical (unpaired) electrons. The molecule has 1 saturated heterocycles. The number of piperidine rings is 1. The number of hydrogen-bond acceptors (Lipinski definition) is 1. The molecule has 2 aromatic rings. The van der Waals surface area contributed by atoms with Crippen LogP contribution < -0.4 is 0 Å². The van der Waals surface area contributed by atoms with Crippen molar-refractivity contribution in [2.24, 2.45) is 5.41 Å². The van der Waals surface area contributed by atoms with Gasteiger partial charge in [0, 0.05) is 26.3 Å². The average molecular weight is 342 g/mol. The van der Waals surface area contributed by atoms with Gasteiger partial charge in [-0.15, -0.1) is 0 Å². The molecule has 0 amide bonds. The molecule has 1 heterocycles. The minimum absolute atomic E-state index is 0.0225. The number of halogens is 1. The van der Waals surface area contributed by atoms with E-state index >= 15 is 0 Å². The molecule has 0 N–H and O–H groups in total. The van der Waals surface area contributed by atoms with Crippen molar-refractivity contribution < 1.29 is 2.74 Å². The molecule has 126 valence electrons. The van der Waals surface area contributed by atoms with Crippen LogP contribution in [0.3, 0.4) is 0 Å². The fourth-order valence-corrected chi connectivity index (χ4v) is 4.58. The Morgan fingerprint density at radius 1 is 1.12 bits per heavy atom. The highest BCUT2D eigenvalue weighted by Gasteiger charge is 2.38. The Labute approximate surface area is 153 Å². The third kappa shape index (κ3) is 3.00. The lowest BCUT2D eigenvalue weighted by atomic mass is 9.83. The Hall–Kier alpha value is -1.31. The fourth-order valence-electron chi connectivity index (χ4n) is 4.40. The first-order valence-electron chi connectivity index (χ1n) is 9.83. The van der Waals surface area contributed by atoms with Crippen LogP contribution in [0, 0.1) is 5.41 Å². The summed E-state index contributed by atoms with van der Waals surface area (Å²) in [6.07, 6.45) is 0.463. The van der Waals surface area contributed by atoms with Crippen LogP contribution in [0.2, 0.25) is 5.02 Å². The van der Waals surface area contributed by atoms with Gasteiger partial charge in [0.25, 0.3) is 0 Å². The van der Waals surface area contributed by atoms with Crippen molar-refractivity contribution in [3.63, 3.8) is 0 Å². The van der Waals surface area contributed by atoms with E-state index in [-0.39, 0.29) is 11.5 Å². The maximum absolute atomic E-state index is 8.42. The summed E-state index contributed by atoms with van der Waals surface area (Å²) in [5, 5.41) is 0.766. The van der Waals surface area contributed by atoms with Gasteiger partial charge in [-0.25, -0.2) is 0 Å². The molecule has 2 aliphatic rings. The van der Waals surface area contributed by atoms with Gasteiger partial charge >= 0.3 is 0 Å². The summed E-state index contributed by atoms with van der Waals surface area (Å²) in [5.41, 5.74) is 3.93. The second-order valence-corrected chi connectivity index (χ2v) is 8.42. The standard InChI is InChI=1S/C22H26ClN/c1-22(2)11-6-12-24(15-22)21-14-19(16-7-4-3-5-8-16)18-10-9-17(23)13-20(18)21/h3-5,7-10,13,19,21H,6,11-12,14-15H2,1-2H3/t19-,21+/m0/s1/i6D2. The van der Waals surface area contributed by atoms with E-state index in [0.29, 0.717) is 18.9 Å². The largest absolute Gasteiger partial charge is 0.296 e.